The van der Waals surface area contributed by atoms with Gasteiger partial charge in [0.25, 0.3) is 0 Å². The Morgan fingerprint density at radius 3 is 3.00 bits per heavy atom. The highest BCUT2D eigenvalue weighted by molar-refractivity contribution is 7.88. The van der Waals surface area contributed by atoms with E-state index in [1.807, 2.05) is 6.20 Å². The van der Waals surface area contributed by atoms with Gasteiger partial charge >= 0.3 is 0 Å². The van der Waals surface area contributed by atoms with Crippen LogP contribution in [-0.4, -0.2) is 58.8 Å². The van der Waals surface area contributed by atoms with Gasteiger partial charge in [-0.2, -0.15) is 0 Å². The van der Waals surface area contributed by atoms with E-state index in [4.69, 9.17) is 5.11 Å². The van der Waals surface area contributed by atoms with Crippen molar-refractivity contribution >= 4 is 10.0 Å². The normalized spacial score (nSPS) is 21.7. The van der Waals surface area contributed by atoms with Crippen LogP contribution in [-0.2, 0) is 23.0 Å². The van der Waals surface area contributed by atoms with Gasteiger partial charge in [-0.1, -0.05) is 5.21 Å². The van der Waals surface area contributed by atoms with Crippen molar-refractivity contribution < 1.29 is 13.5 Å². The quantitative estimate of drug-likeness (QED) is 0.788. The maximum Gasteiger partial charge on any atom is 0.211 e. The third kappa shape index (κ3) is 3.99. The summed E-state index contributed by atoms with van der Waals surface area (Å²) in [5, 5.41) is 16.8. The van der Waals surface area contributed by atoms with Gasteiger partial charge in [0, 0.05) is 38.9 Å². The van der Waals surface area contributed by atoms with Crippen LogP contribution in [0.2, 0.25) is 0 Å². The number of sulfonamides is 1. The predicted octanol–water partition coefficient (Wildman–Crippen LogP) is -0.515. The van der Waals surface area contributed by atoms with Crippen molar-refractivity contribution in [2.75, 3.05) is 26.0 Å². The summed E-state index contributed by atoms with van der Waals surface area (Å²) in [4.78, 5) is 0. The van der Waals surface area contributed by atoms with Gasteiger partial charge in [0.2, 0.25) is 10.0 Å². The molecule has 1 aliphatic heterocycles. The lowest BCUT2D eigenvalue weighted by Crippen LogP contribution is -2.40. The first-order valence-corrected chi connectivity index (χ1v) is 8.29. The number of hydrogen-bond acceptors (Lipinski definition) is 5. The summed E-state index contributed by atoms with van der Waals surface area (Å²) < 4.78 is 26.3. The molecule has 0 radical (unpaired) electrons. The fourth-order valence-electron chi connectivity index (χ4n) is 2.40. The summed E-state index contributed by atoms with van der Waals surface area (Å²) in [6, 6.07) is 0. The van der Waals surface area contributed by atoms with E-state index in [1.54, 1.807) is 4.68 Å². The number of piperidine rings is 1. The molecule has 2 heterocycles. The lowest BCUT2D eigenvalue weighted by molar-refractivity contribution is 0.239. The van der Waals surface area contributed by atoms with Crippen LogP contribution in [0.4, 0.5) is 0 Å². The zero-order valence-corrected chi connectivity index (χ0v) is 11.9. The van der Waals surface area contributed by atoms with Crippen LogP contribution in [0.15, 0.2) is 6.20 Å². The highest BCUT2D eigenvalue weighted by atomic mass is 32.2. The van der Waals surface area contributed by atoms with Crippen molar-refractivity contribution in [3.8, 4) is 0 Å². The summed E-state index contributed by atoms with van der Waals surface area (Å²) in [6.07, 6.45) is 5.46. The lowest BCUT2D eigenvalue weighted by atomic mass is 10.00. The van der Waals surface area contributed by atoms with E-state index in [-0.39, 0.29) is 12.5 Å². The molecule has 1 atom stereocenters. The van der Waals surface area contributed by atoms with E-state index in [9.17, 15) is 8.42 Å². The van der Waals surface area contributed by atoms with Crippen molar-refractivity contribution in [2.24, 2.45) is 5.92 Å². The van der Waals surface area contributed by atoms with E-state index >= 15 is 0 Å². The number of nitrogens with zero attached hydrogens (tertiary/aromatic N) is 4. The third-order valence-corrected chi connectivity index (χ3v) is 4.62. The molecule has 1 aliphatic rings. The second kappa shape index (κ2) is 5.98. The van der Waals surface area contributed by atoms with E-state index in [0.717, 1.165) is 18.5 Å². The molecular formula is C11H20N4O3S. The van der Waals surface area contributed by atoms with E-state index < -0.39 is 10.0 Å². The minimum atomic E-state index is -3.10. The Kier molecular flexibility index (Phi) is 4.54. The van der Waals surface area contributed by atoms with Crippen molar-refractivity contribution in [3.05, 3.63) is 11.9 Å². The van der Waals surface area contributed by atoms with Gasteiger partial charge in [-0.3, -0.25) is 4.68 Å². The highest BCUT2D eigenvalue weighted by Crippen LogP contribution is 2.20. The van der Waals surface area contributed by atoms with Gasteiger partial charge in [-0.05, 0) is 18.8 Å². The summed E-state index contributed by atoms with van der Waals surface area (Å²) in [7, 11) is -3.10. The molecule has 1 saturated heterocycles. The molecule has 108 valence electrons. The molecular weight excluding hydrogens is 268 g/mol. The largest absolute Gasteiger partial charge is 0.396 e. The molecule has 2 rings (SSSR count). The van der Waals surface area contributed by atoms with Crippen molar-refractivity contribution in [3.63, 3.8) is 0 Å². The van der Waals surface area contributed by atoms with Gasteiger partial charge in [-0.15, -0.1) is 5.10 Å². The Morgan fingerprint density at radius 1 is 1.53 bits per heavy atom. The molecule has 0 aromatic carbocycles. The van der Waals surface area contributed by atoms with Crippen LogP contribution >= 0.6 is 0 Å². The predicted molar refractivity (Wildman–Crippen MR) is 70.0 cm³/mol. The molecule has 8 heteroatoms. The number of aliphatic hydroxyl groups excluding tert-OH is 1. The standard InChI is InChI=1S/C11H20N4O3S/c1-19(17,18)15-5-2-3-10(8-15)7-14-9-11(4-6-16)12-13-14/h9-10,16H,2-8H2,1H3. The maximum absolute atomic E-state index is 11.5. The van der Waals surface area contributed by atoms with Crippen LogP contribution in [0, 0.1) is 5.92 Å². The fourth-order valence-corrected chi connectivity index (χ4v) is 3.34. The van der Waals surface area contributed by atoms with Crippen LogP contribution in [0.5, 0.6) is 0 Å². The van der Waals surface area contributed by atoms with Crippen LogP contribution in [0.25, 0.3) is 0 Å². The Labute approximate surface area is 113 Å². The first-order chi connectivity index (χ1) is 8.99. The molecule has 0 aliphatic carbocycles. The third-order valence-electron chi connectivity index (χ3n) is 3.35. The van der Waals surface area contributed by atoms with Crippen molar-refractivity contribution in [2.45, 2.75) is 25.8 Å². The molecule has 0 bridgehead atoms. The number of rotatable bonds is 5. The van der Waals surface area contributed by atoms with E-state index in [1.165, 1.54) is 10.6 Å². The van der Waals surface area contributed by atoms with Crippen molar-refractivity contribution in [1.29, 1.82) is 0 Å². The van der Waals surface area contributed by atoms with Crippen LogP contribution < -0.4 is 0 Å². The first-order valence-electron chi connectivity index (χ1n) is 6.44. The summed E-state index contributed by atoms with van der Waals surface area (Å²) >= 11 is 0. The summed E-state index contributed by atoms with van der Waals surface area (Å²) in [5.41, 5.74) is 0.762. The topological polar surface area (TPSA) is 88.3 Å². The van der Waals surface area contributed by atoms with Crippen LogP contribution in [0.1, 0.15) is 18.5 Å². The molecule has 1 N–H and O–H groups in total. The second-order valence-electron chi connectivity index (χ2n) is 5.03. The number of hydrogen-bond donors (Lipinski definition) is 1. The molecule has 19 heavy (non-hydrogen) atoms. The molecule has 7 nitrogen and oxygen atoms in total. The molecule has 1 unspecified atom stereocenters. The Balaban J connectivity index is 1.94. The van der Waals surface area contributed by atoms with Gasteiger partial charge in [0.15, 0.2) is 0 Å². The summed E-state index contributed by atoms with van der Waals surface area (Å²) in [5.74, 6) is 0.271. The maximum atomic E-state index is 11.5. The molecule has 1 aromatic rings. The molecule has 1 fully saturated rings. The Bertz CT molecular complexity index is 514. The van der Waals surface area contributed by atoms with Gasteiger partial charge in [-0.25, -0.2) is 12.7 Å². The zero-order valence-electron chi connectivity index (χ0n) is 11.1. The first kappa shape index (κ1) is 14.4. The fraction of sp³-hybridized carbons (Fsp3) is 0.818. The van der Waals surface area contributed by atoms with Crippen molar-refractivity contribution in [1.82, 2.24) is 19.3 Å². The minimum absolute atomic E-state index is 0.0595. The Hall–Kier alpha value is -0.990. The zero-order chi connectivity index (χ0) is 13.9. The highest BCUT2D eigenvalue weighted by Gasteiger charge is 2.26. The number of aliphatic hydroxyl groups is 1. The van der Waals surface area contributed by atoms with E-state index in [0.29, 0.717) is 26.1 Å². The SMILES string of the molecule is CS(=O)(=O)N1CCCC(Cn2cc(CCO)nn2)C1. The smallest absolute Gasteiger partial charge is 0.211 e. The lowest BCUT2D eigenvalue weighted by Gasteiger charge is -2.30. The molecule has 0 saturated carbocycles. The Morgan fingerprint density at radius 2 is 2.32 bits per heavy atom. The van der Waals surface area contributed by atoms with Gasteiger partial charge in [0.1, 0.15) is 0 Å². The minimum Gasteiger partial charge on any atom is -0.396 e. The van der Waals surface area contributed by atoms with Gasteiger partial charge in [0.05, 0.1) is 11.9 Å². The molecule has 0 spiro atoms. The average molecular weight is 288 g/mol. The number of aromatic nitrogens is 3. The second-order valence-corrected chi connectivity index (χ2v) is 7.02. The monoisotopic (exact) mass is 288 g/mol. The van der Waals surface area contributed by atoms with Gasteiger partial charge < -0.3 is 5.11 Å². The molecule has 0 amide bonds. The average Bonchev–Trinajstić information content (AvgIpc) is 2.76. The molecule has 1 aromatic heterocycles. The van der Waals surface area contributed by atoms with E-state index in [2.05, 4.69) is 10.3 Å². The summed E-state index contributed by atoms with van der Waals surface area (Å²) in [6.45, 7) is 1.89. The van der Waals surface area contributed by atoms with Crippen LogP contribution in [0.3, 0.4) is 0 Å².